The highest BCUT2D eigenvalue weighted by Gasteiger charge is 2.37. The number of esters is 1. The summed E-state index contributed by atoms with van der Waals surface area (Å²) < 4.78 is 15.0. The number of nitrogens with zero attached hydrogens (tertiary/aromatic N) is 1. The van der Waals surface area contributed by atoms with E-state index in [9.17, 15) is 24.0 Å². The largest absolute Gasteiger partial charge is 0.509 e. The second kappa shape index (κ2) is 9.38. The topological polar surface area (TPSA) is 126 Å². The second-order valence-electron chi connectivity index (χ2n) is 7.44. The predicted molar refractivity (Wildman–Crippen MR) is 99.2 cm³/mol. The summed E-state index contributed by atoms with van der Waals surface area (Å²) in [6.07, 6.45) is -4.23. The van der Waals surface area contributed by atoms with Crippen LogP contribution in [0.4, 0.5) is 4.79 Å². The molecule has 2 atom stereocenters. The molecule has 2 rings (SSSR count). The molecule has 0 N–H and O–H groups in total. The Balaban J connectivity index is 2.11. The van der Waals surface area contributed by atoms with Crippen LogP contribution in [0.5, 0.6) is 0 Å². The molecule has 0 saturated carbocycles. The van der Waals surface area contributed by atoms with Crippen LogP contribution >= 0.6 is 0 Å². The van der Waals surface area contributed by atoms with Crippen LogP contribution in [-0.4, -0.2) is 46.7 Å². The highest BCUT2D eigenvalue weighted by atomic mass is 16.8. The van der Waals surface area contributed by atoms with E-state index in [1.165, 1.54) is 19.1 Å². The minimum absolute atomic E-state index is 0.0807. The summed E-state index contributed by atoms with van der Waals surface area (Å²) in [5.41, 5.74) is -0.592. The summed E-state index contributed by atoms with van der Waals surface area (Å²) in [7, 11) is 0. The first-order valence-electron chi connectivity index (χ1n) is 9.20. The highest BCUT2D eigenvalue weighted by molar-refractivity contribution is 6.01. The van der Waals surface area contributed by atoms with Crippen molar-refractivity contribution in [3.8, 4) is 0 Å². The molecule has 1 aliphatic rings. The molecule has 1 saturated heterocycles. The molecular formula is C20H23NO9. The zero-order chi connectivity index (χ0) is 22.5. The Morgan fingerprint density at radius 2 is 1.50 bits per heavy atom. The molecule has 0 aromatic heterocycles. The number of hydrogen-bond acceptors (Lipinski definition) is 9. The number of hydroxylamine groups is 2. The maximum atomic E-state index is 12.6. The summed E-state index contributed by atoms with van der Waals surface area (Å²) in [5, 5.41) is 0.354. The van der Waals surface area contributed by atoms with Gasteiger partial charge in [0.1, 0.15) is 5.60 Å². The SMILES string of the molecule is CC(OC(=O)OC(C)(C)C)C(=O)OC(C(=O)ON1C(=O)CCC1=O)c1ccccc1. The van der Waals surface area contributed by atoms with E-state index >= 15 is 0 Å². The fraction of sp³-hybridized carbons (Fsp3) is 0.450. The molecule has 0 bridgehead atoms. The van der Waals surface area contributed by atoms with Crippen molar-refractivity contribution in [2.45, 2.75) is 58.3 Å². The van der Waals surface area contributed by atoms with Crippen LogP contribution in [0.3, 0.4) is 0 Å². The van der Waals surface area contributed by atoms with Gasteiger partial charge < -0.3 is 19.0 Å². The van der Waals surface area contributed by atoms with Crippen molar-refractivity contribution in [1.29, 1.82) is 0 Å². The first-order chi connectivity index (χ1) is 14.0. The summed E-state index contributed by atoms with van der Waals surface area (Å²) in [4.78, 5) is 65.0. The minimum atomic E-state index is -1.59. The lowest BCUT2D eigenvalue weighted by Crippen LogP contribution is -2.37. The summed E-state index contributed by atoms with van der Waals surface area (Å²) in [5.74, 6) is -3.55. The van der Waals surface area contributed by atoms with E-state index < -0.39 is 47.7 Å². The van der Waals surface area contributed by atoms with Gasteiger partial charge in [0.25, 0.3) is 11.8 Å². The van der Waals surface area contributed by atoms with Crippen molar-refractivity contribution in [2.75, 3.05) is 0 Å². The number of ether oxygens (including phenoxy) is 3. The molecule has 162 valence electrons. The lowest BCUT2D eigenvalue weighted by atomic mass is 10.1. The third kappa shape index (κ3) is 6.29. The molecule has 10 heteroatoms. The van der Waals surface area contributed by atoms with E-state index in [-0.39, 0.29) is 18.4 Å². The van der Waals surface area contributed by atoms with E-state index in [0.717, 1.165) is 0 Å². The lowest BCUT2D eigenvalue weighted by Gasteiger charge is -2.22. The van der Waals surface area contributed by atoms with E-state index in [1.54, 1.807) is 39.0 Å². The van der Waals surface area contributed by atoms with Crippen LogP contribution in [0.2, 0.25) is 0 Å². The zero-order valence-corrected chi connectivity index (χ0v) is 17.1. The van der Waals surface area contributed by atoms with Crippen molar-refractivity contribution in [1.82, 2.24) is 5.06 Å². The number of carbonyl (C=O) groups is 5. The Morgan fingerprint density at radius 3 is 2.03 bits per heavy atom. The van der Waals surface area contributed by atoms with Crippen LogP contribution in [0.25, 0.3) is 0 Å². The molecule has 0 aliphatic carbocycles. The van der Waals surface area contributed by atoms with E-state index in [0.29, 0.717) is 5.06 Å². The van der Waals surface area contributed by atoms with Gasteiger partial charge in [-0.3, -0.25) is 9.59 Å². The van der Waals surface area contributed by atoms with Gasteiger partial charge in [0.05, 0.1) is 0 Å². The fourth-order valence-corrected chi connectivity index (χ4v) is 2.35. The molecule has 0 spiro atoms. The van der Waals surface area contributed by atoms with Crippen LogP contribution in [-0.2, 0) is 38.2 Å². The first kappa shape index (κ1) is 22.9. The Bertz CT molecular complexity index is 812. The van der Waals surface area contributed by atoms with Crippen molar-refractivity contribution in [3.63, 3.8) is 0 Å². The minimum Gasteiger partial charge on any atom is -0.443 e. The first-order valence-corrected chi connectivity index (χ1v) is 9.20. The van der Waals surface area contributed by atoms with Gasteiger partial charge in [0.2, 0.25) is 6.10 Å². The van der Waals surface area contributed by atoms with Crippen LogP contribution in [0.1, 0.15) is 52.2 Å². The molecule has 2 amide bonds. The van der Waals surface area contributed by atoms with Gasteiger partial charge in [0, 0.05) is 18.4 Å². The summed E-state index contributed by atoms with van der Waals surface area (Å²) in [6, 6.07) is 7.85. The summed E-state index contributed by atoms with van der Waals surface area (Å²) in [6.45, 7) is 6.12. The maximum absolute atomic E-state index is 12.6. The van der Waals surface area contributed by atoms with Crippen molar-refractivity contribution in [2.24, 2.45) is 0 Å². The molecule has 2 unspecified atom stereocenters. The van der Waals surface area contributed by atoms with Crippen molar-refractivity contribution < 1.29 is 43.0 Å². The predicted octanol–water partition coefficient (Wildman–Crippen LogP) is 2.22. The molecule has 1 fully saturated rings. The lowest BCUT2D eigenvalue weighted by molar-refractivity contribution is -0.207. The van der Waals surface area contributed by atoms with E-state index in [4.69, 9.17) is 19.0 Å². The van der Waals surface area contributed by atoms with Crippen molar-refractivity contribution in [3.05, 3.63) is 35.9 Å². The quantitative estimate of drug-likeness (QED) is 0.502. The Hall–Kier alpha value is -3.43. The van der Waals surface area contributed by atoms with E-state index in [1.807, 2.05) is 0 Å². The molecule has 10 nitrogen and oxygen atoms in total. The highest BCUT2D eigenvalue weighted by Crippen LogP contribution is 2.23. The number of carbonyl (C=O) groups excluding carboxylic acids is 5. The molecule has 1 aliphatic heterocycles. The van der Waals surface area contributed by atoms with Crippen LogP contribution in [0.15, 0.2) is 30.3 Å². The smallest absolute Gasteiger partial charge is 0.443 e. The van der Waals surface area contributed by atoms with E-state index in [2.05, 4.69) is 0 Å². The van der Waals surface area contributed by atoms with Crippen LogP contribution < -0.4 is 0 Å². The molecule has 1 aromatic carbocycles. The number of imide groups is 1. The maximum Gasteiger partial charge on any atom is 0.509 e. The number of benzene rings is 1. The monoisotopic (exact) mass is 421 g/mol. The normalized spacial score (nSPS) is 15.9. The average Bonchev–Trinajstić information content (AvgIpc) is 2.96. The van der Waals surface area contributed by atoms with Gasteiger partial charge in [-0.25, -0.2) is 14.4 Å². The van der Waals surface area contributed by atoms with Crippen LogP contribution in [0, 0.1) is 0 Å². The molecular weight excluding hydrogens is 398 g/mol. The third-order valence-corrected chi connectivity index (χ3v) is 3.73. The molecule has 0 radical (unpaired) electrons. The molecule has 1 heterocycles. The number of hydrogen-bond donors (Lipinski definition) is 0. The Morgan fingerprint density at radius 1 is 0.933 bits per heavy atom. The van der Waals surface area contributed by atoms with Gasteiger partial charge in [-0.15, -0.1) is 5.06 Å². The fourth-order valence-electron chi connectivity index (χ4n) is 2.35. The van der Waals surface area contributed by atoms with Gasteiger partial charge in [-0.2, -0.15) is 0 Å². The zero-order valence-electron chi connectivity index (χ0n) is 17.1. The number of rotatable bonds is 6. The van der Waals surface area contributed by atoms with Gasteiger partial charge in [-0.1, -0.05) is 30.3 Å². The number of amides is 2. The Kier molecular flexibility index (Phi) is 7.14. The van der Waals surface area contributed by atoms with Crippen molar-refractivity contribution >= 4 is 29.9 Å². The van der Waals surface area contributed by atoms with Gasteiger partial charge >= 0.3 is 18.1 Å². The summed E-state index contributed by atoms with van der Waals surface area (Å²) >= 11 is 0. The third-order valence-electron chi connectivity index (χ3n) is 3.73. The standard InChI is InChI=1S/C20H23NO9/c1-12(27-19(26)29-20(2,3)4)17(24)28-16(13-8-6-5-7-9-13)18(25)30-21-14(22)10-11-15(21)23/h5-9,12,16H,10-11H2,1-4H3. The molecule has 1 aromatic rings. The average molecular weight is 421 g/mol. The molecule has 30 heavy (non-hydrogen) atoms. The van der Waals surface area contributed by atoms with Gasteiger partial charge in [0.15, 0.2) is 6.10 Å². The Labute approximate surface area is 173 Å². The van der Waals surface area contributed by atoms with Gasteiger partial charge in [-0.05, 0) is 27.7 Å². The second-order valence-corrected chi connectivity index (χ2v) is 7.44.